The Kier molecular flexibility index (Phi) is 4.95. The summed E-state index contributed by atoms with van der Waals surface area (Å²) in [5.41, 5.74) is 2.78. The molecule has 1 aliphatic rings. The number of aromatic nitrogens is 2. The Hall–Kier alpha value is -2.83. The number of hydrogen-bond acceptors (Lipinski definition) is 3. The summed E-state index contributed by atoms with van der Waals surface area (Å²) in [5.74, 6) is -0.722. The van der Waals surface area contributed by atoms with Crippen LogP contribution in [0.5, 0.6) is 0 Å². The van der Waals surface area contributed by atoms with E-state index in [2.05, 4.69) is 24.3 Å². The van der Waals surface area contributed by atoms with E-state index in [-0.39, 0.29) is 18.5 Å². The lowest BCUT2D eigenvalue weighted by Gasteiger charge is -2.21. The van der Waals surface area contributed by atoms with Gasteiger partial charge in [0, 0.05) is 13.1 Å². The van der Waals surface area contributed by atoms with Crippen molar-refractivity contribution in [2.75, 3.05) is 18.4 Å². The Morgan fingerprint density at radius 2 is 1.93 bits per heavy atom. The number of carboxylic acids is 1. The highest BCUT2D eigenvalue weighted by Crippen LogP contribution is 2.32. The smallest absolute Gasteiger partial charge is 0.321 e. The molecule has 1 aromatic heterocycles. The van der Waals surface area contributed by atoms with Crippen LogP contribution in [0.15, 0.2) is 30.5 Å². The lowest BCUT2D eigenvalue weighted by molar-refractivity contribution is -0.146. The van der Waals surface area contributed by atoms with Crippen LogP contribution in [0.25, 0.3) is 5.69 Å². The van der Waals surface area contributed by atoms with E-state index in [0.29, 0.717) is 18.7 Å². The van der Waals surface area contributed by atoms with Gasteiger partial charge in [0.1, 0.15) is 0 Å². The van der Waals surface area contributed by atoms with Crippen LogP contribution in [0.1, 0.15) is 44.4 Å². The first-order valence-corrected chi connectivity index (χ1v) is 9.15. The number of nitrogens with one attached hydrogen (secondary N) is 1. The van der Waals surface area contributed by atoms with Gasteiger partial charge in [-0.3, -0.25) is 4.79 Å². The number of carboxylic acid groups (broad SMARTS) is 1. The maximum atomic E-state index is 12.7. The maximum Gasteiger partial charge on any atom is 0.321 e. The highest BCUT2D eigenvalue weighted by molar-refractivity contribution is 5.91. The zero-order valence-corrected chi connectivity index (χ0v) is 16.2. The molecule has 1 fully saturated rings. The summed E-state index contributed by atoms with van der Waals surface area (Å²) < 4.78 is 1.84. The Bertz CT molecular complexity index is 857. The quantitative estimate of drug-likeness (QED) is 0.860. The van der Waals surface area contributed by atoms with Crippen molar-refractivity contribution < 1.29 is 14.7 Å². The van der Waals surface area contributed by atoms with E-state index in [1.54, 1.807) is 18.0 Å². The molecular weight excluding hydrogens is 344 g/mol. The standard InChI is InChI=1S/C20H26N4O3/c1-13(2)17-16(11-21-24(17)15-7-5-14(3)6-8-15)22-19(27)23-10-9-20(4,12-23)18(25)26/h5-8,11,13H,9-10,12H2,1-4H3,(H,22,27)(H,25,26). The van der Waals surface area contributed by atoms with Crippen LogP contribution in [0, 0.1) is 12.3 Å². The topological polar surface area (TPSA) is 87.5 Å². The van der Waals surface area contributed by atoms with E-state index < -0.39 is 11.4 Å². The number of nitrogens with zero attached hydrogens (tertiary/aromatic N) is 3. The highest BCUT2D eigenvalue weighted by Gasteiger charge is 2.42. The van der Waals surface area contributed by atoms with Gasteiger partial charge in [-0.2, -0.15) is 5.10 Å². The molecule has 0 aliphatic carbocycles. The number of anilines is 1. The van der Waals surface area contributed by atoms with Crippen molar-refractivity contribution in [3.63, 3.8) is 0 Å². The van der Waals surface area contributed by atoms with Crippen LogP contribution in [0.3, 0.4) is 0 Å². The molecule has 0 bridgehead atoms. The summed E-state index contributed by atoms with van der Waals surface area (Å²) in [4.78, 5) is 25.6. The molecule has 1 unspecified atom stereocenters. The fourth-order valence-corrected chi connectivity index (χ4v) is 3.40. The molecule has 2 amide bonds. The van der Waals surface area contributed by atoms with Crippen LogP contribution >= 0.6 is 0 Å². The second-order valence-corrected chi connectivity index (χ2v) is 7.81. The van der Waals surface area contributed by atoms with Crippen LogP contribution in [-0.4, -0.2) is 44.9 Å². The number of carbonyl (C=O) groups excluding carboxylic acids is 1. The summed E-state index contributed by atoms with van der Waals surface area (Å²) in [7, 11) is 0. The molecular formula is C20H26N4O3. The van der Waals surface area contributed by atoms with Crippen LogP contribution < -0.4 is 5.32 Å². The second-order valence-electron chi connectivity index (χ2n) is 7.81. The Morgan fingerprint density at radius 3 is 2.48 bits per heavy atom. The van der Waals surface area contributed by atoms with Gasteiger partial charge in [-0.25, -0.2) is 9.48 Å². The van der Waals surface area contributed by atoms with Crippen molar-refractivity contribution in [1.82, 2.24) is 14.7 Å². The van der Waals surface area contributed by atoms with Crippen molar-refractivity contribution in [3.05, 3.63) is 41.7 Å². The fourth-order valence-electron chi connectivity index (χ4n) is 3.40. The van der Waals surface area contributed by atoms with E-state index in [4.69, 9.17) is 0 Å². The number of hydrogen-bond donors (Lipinski definition) is 2. The Labute approximate surface area is 159 Å². The molecule has 7 heteroatoms. The third kappa shape index (κ3) is 3.67. The van der Waals surface area contributed by atoms with E-state index in [9.17, 15) is 14.7 Å². The Balaban J connectivity index is 1.82. The largest absolute Gasteiger partial charge is 0.481 e. The highest BCUT2D eigenvalue weighted by atomic mass is 16.4. The minimum atomic E-state index is -0.885. The number of rotatable bonds is 4. The third-order valence-corrected chi connectivity index (χ3v) is 5.15. The molecule has 1 saturated heterocycles. The zero-order chi connectivity index (χ0) is 19.8. The fraction of sp³-hybridized carbons (Fsp3) is 0.450. The molecule has 0 radical (unpaired) electrons. The average Bonchev–Trinajstić information content (AvgIpc) is 3.20. The lowest BCUT2D eigenvalue weighted by Crippen LogP contribution is -2.37. The predicted molar refractivity (Wildman–Crippen MR) is 103 cm³/mol. The van der Waals surface area contributed by atoms with Crippen molar-refractivity contribution in [1.29, 1.82) is 0 Å². The minimum Gasteiger partial charge on any atom is -0.481 e. The molecule has 2 heterocycles. The third-order valence-electron chi connectivity index (χ3n) is 5.15. The molecule has 7 nitrogen and oxygen atoms in total. The normalized spacial score (nSPS) is 19.5. The lowest BCUT2D eigenvalue weighted by atomic mass is 9.90. The van der Waals surface area contributed by atoms with Gasteiger partial charge < -0.3 is 15.3 Å². The first-order valence-electron chi connectivity index (χ1n) is 9.15. The number of amides is 2. The number of likely N-dealkylation sites (tertiary alicyclic amines) is 1. The zero-order valence-electron chi connectivity index (χ0n) is 16.2. The van der Waals surface area contributed by atoms with Crippen molar-refractivity contribution in [2.45, 2.75) is 40.0 Å². The van der Waals surface area contributed by atoms with Gasteiger partial charge in [0.05, 0.1) is 28.7 Å². The van der Waals surface area contributed by atoms with Crippen LogP contribution in [0.4, 0.5) is 10.5 Å². The molecule has 2 N–H and O–H groups in total. The first kappa shape index (κ1) is 18.9. The molecule has 144 valence electrons. The van der Waals surface area contributed by atoms with Gasteiger partial charge >= 0.3 is 12.0 Å². The van der Waals surface area contributed by atoms with Crippen molar-refractivity contribution in [3.8, 4) is 5.69 Å². The van der Waals surface area contributed by atoms with Crippen molar-refractivity contribution >= 4 is 17.7 Å². The average molecular weight is 370 g/mol. The van der Waals surface area contributed by atoms with Crippen molar-refractivity contribution in [2.24, 2.45) is 5.41 Å². The molecule has 0 saturated carbocycles. The van der Waals surface area contributed by atoms with E-state index >= 15 is 0 Å². The summed E-state index contributed by atoms with van der Waals surface area (Å²) in [6.07, 6.45) is 2.11. The molecule has 1 atom stereocenters. The second kappa shape index (κ2) is 7.06. The number of aryl methyl sites for hydroxylation is 1. The Morgan fingerprint density at radius 1 is 1.26 bits per heavy atom. The predicted octanol–water partition coefficient (Wildman–Crippen LogP) is 3.63. The first-order chi connectivity index (χ1) is 12.7. The number of carbonyl (C=O) groups is 2. The number of benzene rings is 1. The van der Waals surface area contributed by atoms with Gasteiger partial charge in [-0.15, -0.1) is 0 Å². The van der Waals surface area contributed by atoms with Gasteiger partial charge in [0.25, 0.3) is 0 Å². The monoisotopic (exact) mass is 370 g/mol. The van der Waals surface area contributed by atoms with Crippen LogP contribution in [-0.2, 0) is 4.79 Å². The van der Waals surface area contributed by atoms with E-state index in [0.717, 1.165) is 11.4 Å². The van der Waals surface area contributed by atoms with Crippen LogP contribution in [0.2, 0.25) is 0 Å². The molecule has 2 aromatic rings. The molecule has 1 aromatic carbocycles. The molecule has 3 rings (SSSR count). The van der Waals surface area contributed by atoms with E-state index in [1.165, 1.54) is 5.56 Å². The SMILES string of the molecule is Cc1ccc(-n2ncc(NC(=O)N3CCC(C)(C(=O)O)C3)c2C(C)C)cc1. The van der Waals surface area contributed by atoms with Gasteiger partial charge in [-0.05, 0) is 38.3 Å². The van der Waals surface area contributed by atoms with Gasteiger partial charge in [-0.1, -0.05) is 31.5 Å². The summed E-state index contributed by atoms with van der Waals surface area (Å²) in [5, 5.41) is 16.7. The summed E-state index contributed by atoms with van der Waals surface area (Å²) in [6.45, 7) is 8.44. The summed E-state index contributed by atoms with van der Waals surface area (Å²) >= 11 is 0. The minimum absolute atomic E-state index is 0.145. The van der Waals surface area contributed by atoms with E-state index in [1.807, 2.05) is 35.9 Å². The number of urea groups is 1. The van der Waals surface area contributed by atoms with Gasteiger partial charge in [0.15, 0.2) is 0 Å². The van der Waals surface area contributed by atoms with Gasteiger partial charge in [0.2, 0.25) is 0 Å². The molecule has 1 aliphatic heterocycles. The molecule has 0 spiro atoms. The molecule has 27 heavy (non-hydrogen) atoms. The summed E-state index contributed by atoms with van der Waals surface area (Å²) in [6, 6.07) is 7.76. The maximum absolute atomic E-state index is 12.7. The number of aliphatic carboxylic acids is 1.